The quantitative estimate of drug-likeness (QED) is 0.744. The van der Waals surface area contributed by atoms with Crippen LogP contribution >= 0.6 is 0 Å². The number of nitrogens with zero attached hydrogens (tertiary/aromatic N) is 1. The number of fused-ring (bicyclic) bond motifs is 1. The van der Waals surface area contributed by atoms with Crippen molar-refractivity contribution in [3.8, 4) is 11.4 Å². The molecule has 0 fully saturated rings. The van der Waals surface area contributed by atoms with Crippen molar-refractivity contribution in [2.75, 3.05) is 6.61 Å². The lowest BCUT2D eigenvalue weighted by atomic mass is 10.1. The number of ether oxygens (including phenoxy) is 1. The van der Waals surface area contributed by atoms with Gasteiger partial charge in [-0.1, -0.05) is 29.8 Å². The molecule has 0 amide bonds. The summed E-state index contributed by atoms with van der Waals surface area (Å²) in [6.45, 7) is 4.21. The molecule has 4 heteroatoms. The Labute approximate surface area is 122 Å². The third-order valence-corrected chi connectivity index (χ3v) is 3.32. The Balaban J connectivity index is 2.00. The van der Waals surface area contributed by atoms with Gasteiger partial charge in [0.15, 0.2) is 0 Å². The van der Waals surface area contributed by atoms with Crippen LogP contribution in [0.2, 0.25) is 0 Å². The average Bonchev–Trinajstić information content (AvgIpc) is 2.91. The summed E-state index contributed by atoms with van der Waals surface area (Å²) in [6, 6.07) is 13.5. The lowest BCUT2D eigenvalue weighted by molar-refractivity contribution is 0.0526. The van der Waals surface area contributed by atoms with Crippen molar-refractivity contribution in [1.29, 1.82) is 0 Å². The first kappa shape index (κ1) is 13.4. The largest absolute Gasteiger partial charge is 0.462 e. The molecule has 0 bridgehead atoms. The van der Waals surface area contributed by atoms with Crippen LogP contribution in [0.5, 0.6) is 0 Å². The lowest BCUT2D eigenvalue weighted by Gasteiger charge is -2.00. The zero-order valence-electron chi connectivity index (χ0n) is 12.0. The molecule has 1 heterocycles. The van der Waals surface area contributed by atoms with Gasteiger partial charge in [-0.15, -0.1) is 0 Å². The fourth-order valence-electron chi connectivity index (χ4n) is 2.20. The van der Waals surface area contributed by atoms with Crippen LogP contribution in [0.15, 0.2) is 42.5 Å². The number of benzene rings is 2. The Morgan fingerprint density at radius 2 is 1.95 bits per heavy atom. The van der Waals surface area contributed by atoms with Crippen molar-refractivity contribution in [2.24, 2.45) is 0 Å². The molecule has 0 atom stereocenters. The molecule has 0 aliphatic rings. The topological polar surface area (TPSA) is 55.0 Å². The molecule has 1 N–H and O–H groups in total. The summed E-state index contributed by atoms with van der Waals surface area (Å²) < 4.78 is 5.01. The Kier molecular flexibility index (Phi) is 3.44. The predicted molar refractivity (Wildman–Crippen MR) is 82.2 cm³/mol. The standard InChI is InChI=1S/C17H16N2O2/c1-3-21-17(20)13-8-9-14-15(10-13)19-16(18-14)12-6-4-11(2)5-7-12/h4-10H,3H2,1-2H3,(H,18,19). The molecular formula is C17H16N2O2. The summed E-state index contributed by atoms with van der Waals surface area (Å²) in [5.74, 6) is 0.483. The van der Waals surface area contributed by atoms with E-state index in [1.54, 1.807) is 19.1 Å². The number of aromatic amines is 1. The highest BCUT2D eigenvalue weighted by Gasteiger charge is 2.10. The number of aryl methyl sites for hydroxylation is 1. The second kappa shape index (κ2) is 5.40. The second-order valence-corrected chi connectivity index (χ2v) is 4.90. The number of rotatable bonds is 3. The van der Waals surface area contributed by atoms with E-state index in [2.05, 4.69) is 9.97 Å². The maximum Gasteiger partial charge on any atom is 0.338 e. The molecule has 0 spiro atoms. The first-order chi connectivity index (χ1) is 10.2. The zero-order chi connectivity index (χ0) is 14.8. The fourth-order valence-corrected chi connectivity index (χ4v) is 2.20. The minimum Gasteiger partial charge on any atom is -0.462 e. The molecule has 2 aromatic carbocycles. The normalized spacial score (nSPS) is 10.8. The van der Waals surface area contributed by atoms with Crippen molar-refractivity contribution >= 4 is 17.0 Å². The highest BCUT2D eigenvalue weighted by molar-refractivity contribution is 5.94. The van der Waals surface area contributed by atoms with E-state index in [4.69, 9.17) is 4.74 Å². The van der Waals surface area contributed by atoms with E-state index < -0.39 is 0 Å². The number of hydrogen-bond donors (Lipinski definition) is 1. The summed E-state index contributed by atoms with van der Waals surface area (Å²) in [5.41, 5.74) is 4.42. The van der Waals surface area contributed by atoms with Crippen LogP contribution < -0.4 is 0 Å². The predicted octanol–water partition coefficient (Wildman–Crippen LogP) is 3.72. The molecule has 106 valence electrons. The molecule has 0 unspecified atom stereocenters. The maximum atomic E-state index is 11.7. The van der Waals surface area contributed by atoms with Gasteiger partial charge in [-0.2, -0.15) is 0 Å². The van der Waals surface area contributed by atoms with Gasteiger partial charge >= 0.3 is 5.97 Å². The van der Waals surface area contributed by atoms with Gasteiger partial charge in [-0.05, 0) is 32.0 Å². The molecule has 3 rings (SSSR count). The van der Waals surface area contributed by atoms with Crippen LogP contribution in [0, 0.1) is 6.92 Å². The van der Waals surface area contributed by atoms with Crippen molar-refractivity contribution in [2.45, 2.75) is 13.8 Å². The molecule has 0 aliphatic carbocycles. The molecule has 4 nitrogen and oxygen atoms in total. The number of carbonyl (C=O) groups excluding carboxylic acids is 1. The fraction of sp³-hybridized carbons (Fsp3) is 0.176. The van der Waals surface area contributed by atoms with Gasteiger partial charge in [0.1, 0.15) is 5.82 Å². The van der Waals surface area contributed by atoms with E-state index in [1.807, 2.05) is 37.3 Å². The Hall–Kier alpha value is -2.62. The highest BCUT2D eigenvalue weighted by atomic mass is 16.5. The number of imidazole rings is 1. The minimum atomic E-state index is -0.314. The zero-order valence-corrected chi connectivity index (χ0v) is 12.0. The van der Waals surface area contributed by atoms with Crippen LogP contribution in [0.3, 0.4) is 0 Å². The molecule has 3 aromatic rings. The molecule has 1 aromatic heterocycles. The van der Waals surface area contributed by atoms with Crippen LogP contribution in [0.1, 0.15) is 22.8 Å². The molecule has 0 aliphatic heterocycles. The second-order valence-electron chi connectivity index (χ2n) is 4.90. The third kappa shape index (κ3) is 2.65. The number of H-pyrrole nitrogens is 1. The van der Waals surface area contributed by atoms with Crippen LogP contribution in [0.4, 0.5) is 0 Å². The SMILES string of the molecule is CCOC(=O)c1ccc2nc(-c3ccc(C)cc3)[nH]c2c1. The van der Waals surface area contributed by atoms with Gasteiger partial charge in [0, 0.05) is 5.56 Å². The van der Waals surface area contributed by atoms with Gasteiger partial charge in [0.05, 0.1) is 23.2 Å². The highest BCUT2D eigenvalue weighted by Crippen LogP contribution is 2.22. The number of aromatic nitrogens is 2. The van der Waals surface area contributed by atoms with Crippen LogP contribution in [0.25, 0.3) is 22.4 Å². The molecule has 21 heavy (non-hydrogen) atoms. The molecule has 0 radical (unpaired) electrons. The van der Waals surface area contributed by atoms with Crippen molar-refractivity contribution in [3.05, 3.63) is 53.6 Å². The number of nitrogens with one attached hydrogen (secondary N) is 1. The third-order valence-electron chi connectivity index (χ3n) is 3.32. The Morgan fingerprint density at radius 1 is 1.19 bits per heavy atom. The van der Waals surface area contributed by atoms with E-state index in [0.717, 1.165) is 22.4 Å². The number of carbonyl (C=O) groups is 1. The average molecular weight is 280 g/mol. The van der Waals surface area contributed by atoms with E-state index in [-0.39, 0.29) is 5.97 Å². The van der Waals surface area contributed by atoms with Gasteiger partial charge in [0.25, 0.3) is 0 Å². The first-order valence-electron chi connectivity index (χ1n) is 6.91. The summed E-state index contributed by atoms with van der Waals surface area (Å²) in [4.78, 5) is 19.5. The van der Waals surface area contributed by atoms with Crippen LogP contribution in [-0.4, -0.2) is 22.5 Å². The van der Waals surface area contributed by atoms with Gasteiger partial charge in [-0.25, -0.2) is 9.78 Å². The van der Waals surface area contributed by atoms with Crippen molar-refractivity contribution < 1.29 is 9.53 Å². The lowest BCUT2D eigenvalue weighted by Crippen LogP contribution is -2.04. The van der Waals surface area contributed by atoms with E-state index in [0.29, 0.717) is 12.2 Å². The Morgan fingerprint density at radius 3 is 2.67 bits per heavy atom. The number of hydrogen-bond acceptors (Lipinski definition) is 3. The maximum absolute atomic E-state index is 11.7. The smallest absolute Gasteiger partial charge is 0.338 e. The number of esters is 1. The van der Waals surface area contributed by atoms with E-state index >= 15 is 0 Å². The summed E-state index contributed by atoms with van der Waals surface area (Å²) in [7, 11) is 0. The Bertz CT molecular complexity index is 788. The van der Waals surface area contributed by atoms with E-state index in [1.165, 1.54) is 5.56 Å². The van der Waals surface area contributed by atoms with E-state index in [9.17, 15) is 4.79 Å². The molecule has 0 saturated carbocycles. The van der Waals surface area contributed by atoms with Gasteiger partial charge < -0.3 is 9.72 Å². The van der Waals surface area contributed by atoms with Crippen molar-refractivity contribution in [1.82, 2.24) is 9.97 Å². The van der Waals surface area contributed by atoms with Crippen LogP contribution in [-0.2, 0) is 4.74 Å². The van der Waals surface area contributed by atoms with Gasteiger partial charge in [-0.3, -0.25) is 0 Å². The summed E-state index contributed by atoms with van der Waals surface area (Å²) in [5, 5.41) is 0. The minimum absolute atomic E-state index is 0.314. The molecule has 0 saturated heterocycles. The first-order valence-corrected chi connectivity index (χ1v) is 6.91. The molecular weight excluding hydrogens is 264 g/mol. The summed E-state index contributed by atoms with van der Waals surface area (Å²) >= 11 is 0. The summed E-state index contributed by atoms with van der Waals surface area (Å²) in [6.07, 6.45) is 0. The van der Waals surface area contributed by atoms with Gasteiger partial charge in [0.2, 0.25) is 0 Å². The monoisotopic (exact) mass is 280 g/mol. The van der Waals surface area contributed by atoms with Crippen molar-refractivity contribution in [3.63, 3.8) is 0 Å².